The largest absolute Gasteiger partial charge is 0.0622 e. The Morgan fingerprint density at radius 3 is 2.00 bits per heavy atom. The molecule has 0 heteroatoms. The fourth-order valence-corrected chi connectivity index (χ4v) is 2.11. The zero-order chi connectivity index (χ0) is 11.4. The van der Waals surface area contributed by atoms with E-state index in [4.69, 9.17) is 0 Å². The van der Waals surface area contributed by atoms with Gasteiger partial charge < -0.3 is 0 Å². The van der Waals surface area contributed by atoms with Crippen LogP contribution in [0.3, 0.4) is 0 Å². The summed E-state index contributed by atoms with van der Waals surface area (Å²) in [6, 6.07) is 17.4. The molecule has 0 aliphatic carbocycles. The van der Waals surface area contributed by atoms with E-state index in [1.54, 1.807) is 0 Å². The molecular formula is C16H18. The molecule has 82 valence electrons. The van der Waals surface area contributed by atoms with E-state index in [1.165, 1.54) is 22.3 Å². The van der Waals surface area contributed by atoms with Gasteiger partial charge in [0.15, 0.2) is 0 Å². The van der Waals surface area contributed by atoms with Gasteiger partial charge in [-0.2, -0.15) is 0 Å². The number of benzene rings is 2. The van der Waals surface area contributed by atoms with E-state index in [0.29, 0.717) is 0 Å². The fraction of sp³-hybridized carbons (Fsp3) is 0.250. The monoisotopic (exact) mass is 210 g/mol. The number of rotatable bonds is 3. The van der Waals surface area contributed by atoms with Crippen LogP contribution in [0.5, 0.6) is 0 Å². The zero-order valence-electron chi connectivity index (χ0n) is 10.0. The second-order valence-electron chi connectivity index (χ2n) is 4.06. The Morgan fingerprint density at radius 1 is 0.688 bits per heavy atom. The Labute approximate surface area is 97.9 Å². The second kappa shape index (κ2) is 4.98. The Balaban J connectivity index is 2.44. The van der Waals surface area contributed by atoms with E-state index in [2.05, 4.69) is 62.4 Å². The van der Waals surface area contributed by atoms with E-state index in [-0.39, 0.29) is 0 Å². The lowest BCUT2D eigenvalue weighted by Gasteiger charge is -2.09. The molecule has 0 radical (unpaired) electrons. The van der Waals surface area contributed by atoms with Crippen molar-refractivity contribution >= 4 is 0 Å². The number of hydrogen-bond acceptors (Lipinski definition) is 0. The van der Waals surface area contributed by atoms with Gasteiger partial charge in [0.1, 0.15) is 0 Å². The van der Waals surface area contributed by atoms with Crippen LogP contribution in [0.1, 0.15) is 25.0 Å². The first-order valence-electron chi connectivity index (χ1n) is 6.02. The Kier molecular flexibility index (Phi) is 3.40. The highest BCUT2D eigenvalue weighted by Gasteiger charge is 2.02. The molecule has 0 spiro atoms. The molecule has 0 saturated carbocycles. The van der Waals surface area contributed by atoms with Gasteiger partial charge in [-0.25, -0.2) is 0 Å². The van der Waals surface area contributed by atoms with Crippen LogP contribution in [0.4, 0.5) is 0 Å². The van der Waals surface area contributed by atoms with Crippen LogP contribution in [0.2, 0.25) is 0 Å². The molecule has 0 aliphatic heterocycles. The Bertz CT molecular complexity index is 455. The molecule has 0 atom stereocenters. The third-order valence-electron chi connectivity index (χ3n) is 3.08. The van der Waals surface area contributed by atoms with Crippen molar-refractivity contribution in [3.05, 3.63) is 59.7 Å². The average molecular weight is 210 g/mol. The second-order valence-corrected chi connectivity index (χ2v) is 4.06. The number of aryl methyl sites for hydroxylation is 2. The van der Waals surface area contributed by atoms with Gasteiger partial charge in [0.25, 0.3) is 0 Å². The van der Waals surface area contributed by atoms with Crippen LogP contribution in [-0.2, 0) is 12.8 Å². The van der Waals surface area contributed by atoms with Crippen molar-refractivity contribution in [2.24, 2.45) is 0 Å². The highest BCUT2D eigenvalue weighted by Crippen LogP contribution is 2.23. The van der Waals surface area contributed by atoms with Crippen LogP contribution in [0.15, 0.2) is 48.5 Å². The molecule has 0 N–H and O–H groups in total. The predicted octanol–water partition coefficient (Wildman–Crippen LogP) is 4.48. The lowest BCUT2D eigenvalue weighted by molar-refractivity contribution is 1.04. The third kappa shape index (κ3) is 2.16. The van der Waals surface area contributed by atoms with Crippen molar-refractivity contribution in [3.63, 3.8) is 0 Å². The maximum Gasteiger partial charge on any atom is -0.0181 e. The van der Waals surface area contributed by atoms with E-state index >= 15 is 0 Å². The van der Waals surface area contributed by atoms with Crippen molar-refractivity contribution in [2.45, 2.75) is 26.7 Å². The van der Waals surface area contributed by atoms with Crippen LogP contribution in [0, 0.1) is 0 Å². The Morgan fingerprint density at radius 2 is 1.38 bits per heavy atom. The first kappa shape index (κ1) is 10.9. The van der Waals surface area contributed by atoms with Crippen LogP contribution < -0.4 is 0 Å². The van der Waals surface area contributed by atoms with Crippen LogP contribution >= 0.6 is 0 Å². The quantitative estimate of drug-likeness (QED) is 0.700. The normalized spacial score (nSPS) is 10.4. The Hall–Kier alpha value is -1.56. The maximum absolute atomic E-state index is 2.33. The molecule has 0 heterocycles. The molecule has 0 nitrogen and oxygen atoms in total. The summed E-state index contributed by atoms with van der Waals surface area (Å²) in [7, 11) is 0. The first-order valence-corrected chi connectivity index (χ1v) is 6.02. The average Bonchev–Trinajstić information content (AvgIpc) is 2.39. The van der Waals surface area contributed by atoms with Crippen LogP contribution in [0.25, 0.3) is 11.1 Å². The maximum atomic E-state index is 2.33. The molecule has 2 rings (SSSR count). The summed E-state index contributed by atoms with van der Waals surface area (Å²) < 4.78 is 0. The smallest absolute Gasteiger partial charge is 0.0181 e. The minimum absolute atomic E-state index is 1.11. The highest BCUT2D eigenvalue weighted by atomic mass is 14.1. The molecule has 2 aromatic carbocycles. The molecule has 2 aromatic rings. The summed E-state index contributed by atoms with van der Waals surface area (Å²) in [6.07, 6.45) is 2.24. The molecule has 0 bridgehead atoms. The molecule has 0 aliphatic rings. The minimum atomic E-state index is 1.11. The minimum Gasteiger partial charge on any atom is -0.0622 e. The third-order valence-corrected chi connectivity index (χ3v) is 3.08. The molecule has 16 heavy (non-hydrogen) atoms. The van der Waals surface area contributed by atoms with E-state index < -0.39 is 0 Å². The van der Waals surface area contributed by atoms with Gasteiger partial charge in [-0.15, -0.1) is 0 Å². The summed E-state index contributed by atoms with van der Waals surface area (Å²) in [5.41, 5.74) is 5.58. The zero-order valence-corrected chi connectivity index (χ0v) is 10.0. The van der Waals surface area contributed by atoms with Crippen molar-refractivity contribution < 1.29 is 0 Å². The van der Waals surface area contributed by atoms with Gasteiger partial charge in [0.05, 0.1) is 0 Å². The van der Waals surface area contributed by atoms with Gasteiger partial charge in [-0.1, -0.05) is 62.4 Å². The lowest BCUT2D eigenvalue weighted by Crippen LogP contribution is -1.91. The summed E-state index contributed by atoms with van der Waals surface area (Å²) >= 11 is 0. The summed E-state index contributed by atoms with van der Waals surface area (Å²) in [5.74, 6) is 0. The lowest BCUT2D eigenvalue weighted by atomic mass is 9.97. The highest BCUT2D eigenvalue weighted by molar-refractivity contribution is 5.64. The number of hydrogen-bond donors (Lipinski definition) is 0. The van der Waals surface area contributed by atoms with Gasteiger partial charge in [0, 0.05) is 0 Å². The van der Waals surface area contributed by atoms with Gasteiger partial charge in [-0.3, -0.25) is 0 Å². The van der Waals surface area contributed by atoms with Crippen molar-refractivity contribution in [2.75, 3.05) is 0 Å². The molecule has 0 saturated heterocycles. The molecular weight excluding hydrogens is 192 g/mol. The molecule has 0 fully saturated rings. The summed E-state index contributed by atoms with van der Waals surface area (Å²) in [6.45, 7) is 4.44. The summed E-state index contributed by atoms with van der Waals surface area (Å²) in [5, 5.41) is 0. The standard InChI is InChI=1S/C16H18/c1-3-13-10-11-16(12-14(13)4-2)15-8-6-5-7-9-15/h5-12H,3-4H2,1-2H3. The van der Waals surface area contributed by atoms with Gasteiger partial charge in [-0.05, 0) is 35.1 Å². The first-order chi connectivity index (χ1) is 7.85. The van der Waals surface area contributed by atoms with Crippen molar-refractivity contribution in [3.8, 4) is 11.1 Å². The predicted molar refractivity (Wildman–Crippen MR) is 70.6 cm³/mol. The van der Waals surface area contributed by atoms with Gasteiger partial charge in [0.2, 0.25) is 0 Å². The van der Waals surface area contributed by atoms with E-state index in [9.17, 15) is 0 Å². The molecule has 0 unspecified atom stereocenters. The van der Waals surface area contributed by atoms with Gasteiger partial charge >= 0.3 is 0 Å². The molecule has 0 amide bonds. The van der Waals surface area contributed by atoms with Crippen molar-refractivity contribution in [1.29, 1.82) is 0 Å². The van der Waals surface area contributed by atoms with Crippen LogP contribution in [-0.4, -0.2) is 0 Å². The van der Waals surface area contributed by atoms with E-state index in [0.717, 1.165) is 12.8 Å². The van der Waals surface area contributed by atoms with Crippen molar-refractivity contribution in [1.82, 2.24) is 0 Å². The molecule has 0 aromatic heterocycles. The SMILES string of the molecule is CCc1ccc(-c2ccccc2)cc1CC. The van der Waals surface area contributed by atoms with E-state index in [1.807, 2.05) is 0 Å². The topological polar surface area (TPSA) is 0 Å². The fourth-order valence-electron chi connectivity index (χ4n) is 2.11. The summed E-state index contributed by atoms with van der Waals surface area (Å²) in [4.78, 5) is 0.